The Balaban J connectivity index is 2.23. The zero-order chi connectivity index (χ0) is 13.9. The van der Waals surface area contributed by atoms with Gasteiger partial charge in [-0.15, -0.1) is 0 Å². The number of ether oxygens (including phenoxy) is 1. The first-order valence-electron chi connectivity index (χ1n) is 5.93. The molecule has 0 saturated heterocycles. The van der Waals surface area contributed by atoms with Gasteiger partial charge < -0.3 is 4.74 Å². The number of nitriles is 1. The maximum atomic E-state index is 12.8. The van der Waals surface area contributed by atoms with E-state index >= 15 is 0 Å². The van der Waals surface area contributed by atoms with Gasteiger partial charge in [-0.1, -0.05) is 12.2 Å². The quantitative estimate of drug-likeness (QED) is 0.757. The minimum absolute atomic E-state index is 0.0981. The summed E-state index contributed by atoms with van der Waals surface area (Å²) in [6.07, 6.45) is 1.70. The molecule has 0 bridgehead atoms. The molecule has 0 aromatic heterocycles. The Labute approximate surface area is 109 Å². The van der Waals surface area contributed by atoms with Crippen molar-refractivity contribution in [3.8, 4) is 11.8 Å². The van der Waals surface area contributed by atoms with Gasteiger partial charge in [0, 0.05) is 6.42 Å². The van der Waals surface area contributed by atoms with Crippen molar-refractivity contribution in [2.45, 2.75) is 31.5 Å². The van der Waals surface area contributed by atoms with Crippen LogP contribution in [-0.2, 0) is 6.18 Å². The summed E-state index contributed by atoms with van der Waals surface area (Å²) in [5.74, 6) is 0.159. The molecule has 2 nitrogen and oxygen atoms in total. The van der Waals surface area contributed by atoms with Gasteiger partial charge in [-0.2, -0.15) is 18.4 Å². The van der Waals surface area contributed by atoms with Gasteiger partial charge in [0.2, 0.25) is 0 Å². The lowest BCUT2D eigenvalue weighted by atomic mass is 10.0. The van der Waals surface area contributed by atoms with E-state index < -0.39 is 11.7 Å². The van der Waals surface area contributed by atoms with Gasteiger partial charge in [0.25, 0.3) is 0 Å². The van der Waals surface area contributed by atoms with Crippen molar-refractivity contribution in [1.82, 2.24) is 0 Å². The van der Waals surface area contributed by atoms with E-state index in [-0.39, 0.29) is 17.4 Å². The minimum Gasteiger partial charge on any atom is -0.490 e. The second-order valence-electron chi connectivity index (χ2n) is 4.34. The zero-order valence-corrected chi connectivity index (χ0v) is 10.1. The van der Waals surface area contributed by atoms with Crippen molar-refractivity contribution in [3.63, 3.8) is 0 Å². The summed E-state index contributed by atoms with van der Waals surface area (Å²) in [4.78, 5) is 0. The number of halogens is 3. The fraction of sp³-hybridized carbons (Fsp3) is 0.357. The summed E-state index contributed by atoms with van der Waals surface area (Å²) in [7, 11) is 0. The SMILES string of the molecule is N#Cc1ccc(OC2CC=CCC2)cc1C(F)(F)F. The Bertz CT molecular complexity index is 528. The topological polar surface area (TPSA) is 33.0 Å². The predicted molar refractivity (Wildman–Crippen MR) is 63.6 cm³/mol. The molecule has 19 heavy (non-hydrogen) atoms. The second kappa shape index (κ2) is 5.35. The van der Waals surface area contributed by atoms with Crippen LogP contribution in [0.25, 0.3) is 0 Å². The van der Waals surface area contributed by atoms with Crippen molar-refractivity contribution >= 4 is 0 Å². The van der Waals surface area contributed by atoms with E-state index in [1.165, 1.54) is 6.07 Å². The summed E-state index contributed by atoms with van der Waals surface area (Å²) in [6.45, 7) is 0. The lowest BCUT2D eigenvalue weighted by molar-refractivity contribution is -0.137. The van der Waals surface area contributed by atoms with E-state index in [0.717, 1.165) is 25.0 Å². The summed E-state index contributed by atoms with van der Waals surface area (Å²) in [6, 6.07) is 5.00. The average molecular weight is 267 g/mol. The Hall–Kier alpha value is -1.96. The van der Waals surface area contributed by atoms with E-state index in [1.807, 2.05) is 12.2 Å². The molecule has 100 valence electrons. The van der Waals surface area contributed by atoms with E-state index in [2.05, 4.69) is 0 Å². The number of nitrogens with zero attached hydrogens (tertiary/aromatic N) is 1. The van der Waals surface area contributed by atoms with Crippen LogP contribution in [0.15, 0.2) is 30.4 Å². The molecule has 0 fully saturated rings. The fourth-order valence-corrected chi connectivity index (χ4v) is 1.99. The van der Waals surface area contributed by atoms with Crippen LogP contribution in [0.4, 0.5) is 13.2 Å². The maximum Gasteiger partial charge on any atom is 0.417 e. The van der Waals surface area contributed by atoms with Gasteiger partial charge in [-0.3, -0.25) is 0 Å². The third-order valence-electron chi connectivity index (χ3n) is 2.94. The fourth-order valence-electron chi connectivity index (χ4n) is 1.99. The molecule has 1 aliphatic rings. The summed E-state index contributed by atoms with van der Waals surface area (Å²) < 4.78 is 43.9. The monoisotopic (exact) mass is 267 g/mol. The van der Waals surface area contributed by atoms with E-state index in [4.69, 9.17) is 10.00 Å². The smallest absolute Gasteiger partial charge is 0.417 e. The Morgan fingerprint density at radius 3 is 2.63 bits per heavy atom. The summed E-state index contributed by atoms with van der Waals surface area (Å²) in [5.41, 5.74) is -1.33. The highest BCUT2D eigenvalue weighted by Crippen LogP contribution is 2.34. The van der Waals surface area contributed by atoms with Gasteiger partial charge in [0.05, 0.1) is 17.2 Å². The second-order valence-corrected chi connectivity index (χ2v) is 4.34. The lowest BCUT2D eigenvalue weighted by Gasteiger charge is -2.20. The van der Waals surface area contributed by atoms with Crippen LogP contribution in [0.2, 0.25) is 0 Å². The van der Waals surface area contributed by atoms with Crippen LogP contribution < -0.4 is 4.74 Å². The third kappa shape index (κ3) is 3.28. The molecule has 0 heterocycles. The molecule has 0 amide bonds. The molecule has 0 N–H and O–H groups in total. The molecule has 1 atom stereocenters. The Kier molecular flexibility index (Phi) is 3.79. The lowest BCUT2D eigenvalue weighted by Crippen LogP contribution is -2.18. The Morgan fingerprint density at radius 2 is 2.05 bits per heavy atom. The van der Waals surface area contributed by atoms with Crippen LogP contribution in [-0.4, -0.2) is 6.10 Å². The van der Waals surface area contributed by atoms with Crippen molar-refractivity contribution < 1.29 is 17.9 Å². The van der Waals surface area contributed by atoms with Crippen molar-refractivity contribution in [1.29, 1.82) is 5.26 Å². The third-order valence-corrected chi connectivity index (χ3v) is 2.94. The zero-order valence-electron chi connectivity index (χ0n) is 10.1. The molecule has 1 unspecified atom stereocenters. The van der Waals surface area contributed by atoms with Crippen molar-refractivity contribution in [3.05, 3.63) is 41.5 Å². The van der Waals surface area contributed by atoms with Gasteiger partial charge in [0.1, 0.15) is 11.9 Å². The summed E-state index contributed by atoms with van der Waals surface area (Å²) in [5, 5.41) is 8.69. The molecule has 0 aliphatic heterocycles. The molecule has 2 rings (SSSR count). The van der Waals surface area contributed by atoms with Crippen LogP contribution in [0, 0.1) is 11.3 Å². The standard InChI is InChI=1S/C14H12F3NO/c15-14(16,17)13-8-12(7-6-10(13)9-18)19-11-4-2-1-3-5-11/h1-2,6-8,11H,3-5H2. The van der Waals surface area contributed by atoms with Gasteiger partial charge in [0.15, 0.2) is 0 Å². The van der Waals surface area contributed by atoms with E-state index in [0.29, 0.717) is 6.42 Å². The van der Waals surface area contributed by atoms with Gasteiger partial charge in [-0.25, -0.2) is 0 Å². The van der Waals surface area contributed by atoms with E-state index in [9.17, 15) is 13.2 Å². The number of alkyl halides is 3. The molecule has 0 saturated carbocycles. The molecule has 1 aliphatic carbocycles. The largest absolute Gasteiger partial charge is 0.490 e. The number of allylic oxidation sites excluding steroid dienone is 1. The van der Waals surface area contributed by atoms with Crippen LogP contribution >= 0.6 is 0 Å². The van der Waals surface area contributed by atoms with Gasteiger partial charge >= 0.3 is 6.18 Å². The van der Waals surface area contributed by atoms with Crippen LogP contribution in [0.1, 0.15) is 30.4 Å². The highest BCUT2D eigenvalue weighted by Gasteiger charge is 2.34. The maximum absolute atomic E-state index is 12.8. The minimum atomic E-state index is -4.54. The van der Waals surface area contributed by atoms with Crippen LogP contribution in [0.5, 0.6) is 5.75 Å². The number of hydrogen-bond acceptors (Lipinski definition) is 2. The summed E-state index contributed by atoms with van der Waals surface area (Å²) >= 11 is 0. The number of hydrogen-bond donors (Lipinski definition) is 0. The Morgan fingerprint density at radius 1 is 1.26 bits per heavy atom. The van der Waals surface area contributed by atoms with Crippen LogP contribution in [0.3, 0.4) is 0 Å². The first-order chi connectivity index (χ1) is 9.00. The van der Waals surface area contributed by atoms with Crippen molar-refractivity contribution in [2.24, 2.45) is 0 Å². The van der Waals surface area contributed by atoms with Gasteiger partial charge in [-0.05, 0) is 31.0 Å². The molecule has 0 spiro atoms. The highest BCUT2D eigenvalue weighted by molar-refractivity contribution is 5.44. The molecule has 1 aromatic carbocycles. The predicted octanol–water partition coefficient (Wildman–Crippen LogP) is 4.06. The first kappa shape index (κ1) is 13.5. The van der Waals surface area contributed by atoms with Crippen molar-refractivity contribution in [2.75, 3.05) is 0 Å². The number of benzene rings is 1. The molecule has 1 aromatic rings. The van der Waals surface area contributed by atoms with E-state index in [1.54, 1.807) is 6.07 Å². The average Bonchev–Trinajstić information content (AvgIpc) is 2.39. The normalized spacial score (nSPS) is 18.9. The molecule has 5 heteroatoms. The highest BCUT2D eigenvalue weighted by atomic mass is 19.4. The molecular formula is C14H12F3NO. The number of rotatable bonds is 2. The molecular weight excluding hydrogens is 255 g/mol. The molecule has 0 radical (unpaired) electrons. The first-order valence-corrected chi connectivity index (χ1v) is 5.93.